The molecule has 1 aromatic heterocycles. The van der Waals surface area contributed by atoms with Crippen LogP contribution in [0.5, 0.6) is 0 Å². The summed E-state index contributed by atoms with van der Waals surface area (Å²) in [6, 6.07) is 5.84. The highest BCUT2D eigenvalue weighted by molar-refractivity contribution is 7.08. The van der Waals surface area contributed by atoms with E-state index in [9.17, 15) is 4.79 Å². The van der Waals surface area contributed by atoms with Gasteiger partial charge in [0.1, 0.15) is 4.88 Å². The van der Waals surface area contributed by atoms with E-state index < -0.39 is 0 Å². The molecule has 17 heavy (non-hydrogen) atoms. The summed E-state index contributed by atoms with van der Waals surface area (Å²) in [6.07, 6.45) is 0. The van der Waals surface area contributed by atoms with E-state index >= 15 is 0 Å². The highest BCUT2D eigenvalue weighted by atomic mass is 32.1. The van der Waals surface area contributed by atoms with Crippen LogP contribution in [-0.2, 0) is 0 Å². The first-order valence-electron chi connectivity index (χ1n) is 5.25. The second-order valence-electron chi connectivity index (χ2n) is 3.94. The Bertz CT molecular complexity index is 563. The molecular formula is C12H13N3OS. The van der Waals surface area contributed by atoms with Crippen LogP contribution < -0.4 is 5.32 Å². The van der Waals surface area contributed by atoms with Gasteiger partial charge in [0.15, 0.2) is 0 Å². The number of hydrogen-bond donors (Lipinski definition) is 1. The number of aromatic nitrogens is 2. The van der Waals surface area contributed by atoms with Crippen LogP contribution >= 0.6 is 11.5 Å². The highest BCUT2D eigenvalue weighted by Crippen LogP contribution is 2.17. The van der Waals surface area contributed by atoms with E-state index in [0.717, 1.165) is 22.8 Å². The van der Waals surface area contributed by atoms with Crippen molar-refractivity contribution in [3.8, 4) is 0 Å². The maximum atomic E-state index is 11.9. The van der Waals surface area contributed by atoms with Crippen LogP contribution in [0.25, 0.3) is 0 Å². The number of amides is 1. The standard InChI is InChI=1S/C12H13N3OS/c1-7-4-5-10(6-8(7)2)13-12(16)11-9(3)14-15-17-11/h4-6H,1-3H3,(H,13,16). The van der Waals surface area contributed by atoms with Gasteiger partial charge < -0.3 is 5.32 Å². The Kier molecular flexibility index (Phi) is 3.19. The average Bonchev–Trinajstić information content (AvgIpc) is 2.70. The molecule has 0 unspecified atom stereocenters. The molecule has 2 aromatic rings. The Labute approximate surface area is 104 Å². The fourth-order valence-corrected chi connectivity index (χ4v) is 2.00. The molecule has 0 aliphatic rings. The van der Waals surface area contributed by atoms with Crippen molar-refractivity contribution in [1.29, 1.82) is 0 Å². The topological polar surface area (TPSA) is 54.9 Å². The van der Waals surface area contributed by atoms with Gasteiger partial charge in [0, 0.05) is 5.69 Å². The van der Waals surface area contributed by atoms with Crippen LogP contribution in [0.15, 0.2) is 18.2 Å². The first kappa shape index (κ1) is 11.7. The minimum absolute atomic E-state index is 0.152. The second-order valence-corrected chi connectivity index (χ2v) is 4.69. The van der Waals surface area contributed by atoms with E-state index in [-0.39, 0.29) is 5.91 Å². The zero-order chi connectivity index (χ0) is 12.4. The van der Waals surface area contributed by atoms with Gasteiger partial charge in [0.25, 0.3) is 5.91 Å². The van der Waals surface area contributed by atoms with E-state index in [1.54, 1.807) is 6.92 Å². The molecule has 1 amide bonds. The van der Waals surface area contributed by atoms with Gasteiger partial charge >= 0.3 is 0 Å². The fraction of sp³-hybridized carbons (Fsp3) is 0.250. The van der Waals surface area contributed by atoms with Gasteiger partial charge in [-0.3, -0.25) is 4.79 Å². The number of anilines is 1. The average molecular weight is 247 g/mol. The number of hydrogen-bond acceptors (Lipinski definition) is 4. The van der Waals surface area contributed by atoms with E-state index in [1.807, 2.05) is 32.0 Å². The Morgan fingerprint density at radius 1 is 1.24 bits per heavy atom. The summed E-state index contributed by atoms with van der Waals surface area (Å²) >= 11 is 1.11. The first-order valence-corrected chi connectivity index (χ1v) is 6.03. The van der Waals surface area contributed by atoms with Gasteiger partial charge in [-0.15, -0.1) is 5.10 Å². The third-order valence-corrected chi connectivity index (χ3v) is 3.45. The summed E-state index contributed by atoms with van der Waals surface area (Å²) in [7, 11) is 0. The summed E-state index contributed by atoms with van der Waals surface area (Å²) in [4.78, 5) is 12.5. The molecule has 0 spiro atoms. The van der Waals surface area contributed by atoms with Crippen LogP contribution in [0.3, 0.4) is 0 Å². The molecule has 0 aliphatic heterocycles. The Hall–Kier alpha value is -1.75. The molecule has 1 N–H and O–H groups in total. The predicted octanol–water partition coefficient (Wildman–Crippen LogP) is 2.72. The van der Waals surface area contributed by atoms with Crippen LogP contribution in [0.1, 0.15) is 26.5 Å². The Morgan fingerprint density at radius 3 is 2.59 bits per heavy atom. The molecule has 1 heterocycles. The van der Waals surface area contributed by atoms with Crippen LogP contribution in [0.4, 0.5) is 5.69 Å². The smallest absolute Gasteiger partial charge is 0.269 e. The molecule has 0 bridgehead atoms. The van der Waals surface area contributed by atoms with Crippen molar-refractivity contribution in [1.82, 2.24) is 9.59 Å². The SMILES string of the molecule is Cc1ccc(NC(=O)c2snnc2C)cc1C. The van der Waals surface area contributed by atoms with Gasteiger partial charge in [-0.25, -0.2) is 0 Å². The zero-order valence-corrected chi connectivity index (χ0v) is 10.8. The van der Waals surface area contributed by atoms with Crippen molar-refractivity contribution in [2.75, 3.05) is 5.32 Å². The minimum Gasteiger partial charge on any atom is -0.321 e. The molecule has 0 saturated heterocycles. The lowest BCUT2D eigenvalue weighted by Crippen LogP contribution is -2.11. The third kappa shape index (κ3) is 2.50. The van der Waals surface area contributed by atoms with E-state index in [0.29, 0.717) is 10.6 Å². The lowest BCUT2D eigenvalue weighted by atomic mass is 10.1. The molecule has 0 saturated carbocycles. The summed E-state index contributed by atoms with van der Waals surface area (Å²) in [5, 5.41) is 6.66. The Balaban J connectivity index is 2.19. The normalized spacial score (nSPS) is 10.3. The quantitative estimate of drug-likeness (QED) is 0.887. The van der Waals surface area contributed by atoms with Crippen molar-refractivity contribution in [3.63, 3.8) is 0 Å². The molecule has 0 fully saturated rings. The summed E-state index contributed by atoms with van der Waals surface area (Å²) in [6.45, 7) is 5.83. The van der Waals surface area contributed by atoms with E-state index in [4.69, 9.17) is 0 Å². The van der Waals surface area contributed by atoms with Crippen molar-refractivity contribution >= 4 is 23.1 Å². The highest BCUT2D eigenvalue weighted by Gasteiger charge is 2.13. The van der Waals surface area contributed by atoms with Crippen molar-refractivity contribution in [2.45, 2.75) is 20.8 Å². The number of rotatable bonds is 2. The first-order chi connectivity index (χ1) is 8.08. The molecule has 5 heteroatoms. The molecule has 88 valence electrons. The van der Waals surface area contributed by atoms with Crippen molar-refractivity contribution in [3.05, 3.63) is 39.9 Å². The monoisotopic (exact) mass is 247 g/mol. The third-order valence-electron chi connectivity index (χ3n) is 2.62. The minimum atomic E-state index is -0.152. The van der Waals surface area contributed by atoms with Crippen LogP contribution in [0, 0.1) is 20.8 Å². The lowest BCUT2D eigenvalue weighted by molar-refractivity contribution is 0.103. The lowest BCUT2D eigenvalue weighted by Gasteiger charge is -2.06. The Morgan fingerprint density at radius 2 is 2.00 bits per heavy atom. The predicted molar refractivity (Wildman–Crippen MR) is 68.5 cm³/mol. The van der Waals surface area contributed by atoms with E-state index in [1.165, 1.54) is 5.56 Å². The molecule has 1 aromatic carbocycles. The molecular weight excluding hydrogens is 234 g/mol. The van der Waals surface area contributed by atoms with Gasteiger partial charge in [0.05, 0.1) is 5.69 Å². The van der Waals surface area contributed by atoms with Crippen LogP contribution in [0.2, 0.25) is 0 Å². The molecule has 0 atom stereocenters. The van der Waals surface area contributed by atoms with Gasteiger partial charge in [-0.1, -0.05) is 10.6 Å². The van der Waals surface area contributed by atoms with Gasteiger partial charge in [-0.2, -0.15) is 0 Å². The number of carbonyl (C=O) groups excluding carboxylic acids is 1. The van der Waals surface area contributed by atoms with Crippen molar-refractivity contribution in [2.24, 2.45) is 0 Å². The van der Waals surface area contributed by atoms with Gasteiger partial charge in [0.2, 0.25) is 0 Å². The van der Waals surface area contributed by atoms with E-state index in [2.05, 4.69) is 14.9 Å². The molecule has 2 rings (SSSR count). The number of aryl methyl sites for hydroxylation is 3. The second kappa shape index (κ2) is 4.63. The number of nitrogens with one attached hydrogen (secondary N) is 1. The zero-order valence-electron chi connectivity index (χ0n) is 9.94. The largest absolute Gasteiger partial charge is 0.321 e. The molecule has 0 radical (unpaired) electrons. The maximum Gasteiger partial charge on any atom is 0.269 e. The van der Waals surface area contributed by atoms with Crippen LogP contribution in [-0.4, -0.2) is 15.5 Å². The fourth-order valence-electron chi connectivity index (χ4n) is 1.45. The number of benzene rings is 1. The number of nitrogens with zero attached hydrogens (tertiary/aromatic N) is 2. The summed E-state index contributed by atoms with van der Waals surface area (Å²) < 4.78 is 3.75. The van der Waals surface area contributed by atoms with Crippen molar-refractivity contribution < 1.29 is 4.79 Å². The maximum absolute atomic E-state index is 11.9. The molecule has 4 nitrogen and oxygen atoms in total. The van der Waals surface area contributed by atoms with Gasteiger partial charge in [-0.05, 0) is 55.6 Å². The number of carbonyl (C=O) groups is 1. The summed E-state index contributed by atoms with van der Waals surface area (Å²) in [5.74, 6) is -0.152. The summed E-state index contributed by atoms with van der Waals surface area (Å²) in [5.41, 5.74) is 3.82. The molecule has 0 aliphatic carbocycles.